The Morgan fingerprint density at radius 1 is 1.19 bits per heavy atom. The third-order valence-corrected chi connectivity index (χ3v) is 5.68. The maximum Gasteiger partial charge on any atom is 0.573 e. The van der Waals surface area contributed by atoms with E-state index in [4.69, 9.17) is 0 Å². The summed E-state index contributed by atoms with van der Waals surface area (Å²) in [5, 5.41) is 10.2. The van der Waals surface area contributed by atoms with Gasteiger partial charge in [-0.15, -0.1) is 13.2 Å². The summed E-state index contributed by atoms with van der Waals surface area (Å²) in [6.45, 7) is -0.123. The lowest BCUT2D eigenvalue weighted by molar-refractivity contribution is -0.274. The van der Waals surface area contributed by atoms with E-state index in [1.165, 1.54) is 44.7 Å². The molecule has 2 aromatic heterocycles. The van der Waals surface area contributed by atoms with Gasteiger partial charge in [0, 0.05) is 20.3 Å². The van der Waals surface area contributed by atoms with Crippen molar-refractivity contribution in [1.29, 1.82) is 0 Å². The molecule has 0 spiro atoms. The Hall–Kier alpha value is -3.52. The topological polar surface area (TPSA) is 119 Å². The predicted octanol–water partition coefficient (Wildman–Crippen LogP) is 1.90. The molecule has 172 valence electrons. The molecule has 0 saturated heterocycles. The quantitative estimate of drug-likeness (QED) is 0.541. The largest absolute Gasteiger partial charge is 0.573 e. The Labute approximate surface area is 180 Å². The minimum absolute atomic E-state index is 0.101. The van der Waals surface area contributed by atoms with Crippen molar-refractivity contribution in [1.82, 2.24) is 18.4 Å². The molecule has 0 atom stereocenters. The molecule has 0 radical (unpaired) electrons. The number of hydrogen-bond acceptors (Lipinski definition) is 6. The third kappa shape index (κ3) is 5.20. The summed E-state index contributed by atoms with van der Waals surface area (Å²) in [6, 6.07) is 5.86. The molecule has 32 heavy (non-hydrogen) atoms. The molecule has 0 aliphatic carbocycles. The number of hydrogen-bond donors (Lipinski definition) is 2. The zero-order chi connectivity index (χ0) is 23.7. The van der Waals surface area contributed by atoms with Crippen LogP contribution in [0, 0.1) is 0 Å². The van der Waals surface area contributed by atoms with Crippen molar-refractivity contribution in [2.45, 2.75) is 12.9 Å². The maximum atomic E-state index is 12.8. The van der Waals surface area contributed by atoms with E-state index in [2.05, 4.69) is 14.4 Å². The van der Waals surface area contributed by atoms with Crippen LogP contribution < -0.4 is 15.1 Å². The van der Waals surface area contributed by atoms with Crippen LogP contribution in [0.3, 0.4) is 0 Å². The number of nitrogens with one attached hydrogen (secondary N) is 1. The zero-order valence-corrected chi connectivity index (χ0v) is 17.6. The Bertz CT molecular complexity index is 1270. The SMILES string of the molecule is CN(C)S(=O)(=O)Nc1cnccc1Cn1cc(O)n(-c2ccc(OC(F)(F)F)cc2)c1=O. The number of ether oxygens (including phenoxy) is 1. The van der Waals surface area contributed by atoms with Gasteiger partial charge in [0.1, 0.15) is 5.75 Å². The summed E-state index contributed by atoms with van der Waals surface area (Å²) in [7, 11) is -1.15. The number of halogens is 3. The highest BCUT2D eigenvalue weighted by molar-refractivity contribution is 7.90. The third-order valence-electron chi connectivity index (χ3n) is 4.24. The zero-order valence-electron chi connectivity index (χ0n) is 16.7. The van der Waals surface area contributed by atoms with Gasteiger partial charge in [0.05, 0.1) is 30.3 Å². The Balaban J connectivity index is 1.91. The van der Waals surface area contributed by atoms with Gasteiger partial charge < -0.3 is 9.84 Å². The van der Waals surface area contributed by atoms with Gasteiger partial charge in [-0.2, -0.15) is 12.7 Å². The van der Waals surface area contributed by atoms with E-state index in [1.54, 1.807) is 0 Å². The van der Waals surface area contributed by atoms with Crippen LogP contribution in [0.2, 0.25) is 0 Å². The van der Waals surface area contributed by atoms with E-state index in [9.17, 15) is 31.5 Å². The van der Waals surface area contributed by atoms with E-state index in [0.717, 1.165) is 31.8 Å². The molecule has 0 amide bonds. The second-order valence-electron chi connectivity index (χ2n) is 6.70. The molecule has 1 aromatic carbocycles. The van der Waals surface area contributed by atoms with Crippen LogP contribution in [0.15, 0.2) is 53.7 Å². The lowest BCUT2D eigenvalue weighted by atomic mass is 10.2. The van der Waals surface area contributed by atoms with Gasteiger partial charge in [0.2, 0.25) is 5.88 Å². The summed E-state index contributed by atoms with van der Waals surface area (Å²) in [5.41, 5.74) is -0.0816. The van der Waals surface area contributed by atoms with Crippen molar-refractivity contribution < 1.29 is 31.4 Å². The molecule has 0 unspecified atom stereocenters. The minimum Gasteiger partial charge on any atom is -0.493 e. The monoisotopic (exact) mass is 473 g/mol. The van der Waals surface area contributed by atoms with Crippen molar-refractivity contribution in [3.8, 4) is 17.3 Å². The normalized spacial score (nSPS) is 12.2. The molecule has 3 aromatic rings. The molecule has 14 heteroatoms. The number of nitrogens with zero attached hydrogens (tertiary/aromatic N) is 4. The molecular weight excluding hydrogens is 455 g/mol. The minimum atomic E-state index is -4.86. The van der Waals surface area contributed by atoms with Crippen molar-refractivity contribution >= 4 is 15.9 Å². The summed E-state index contributed by atoms with van der Waals surface area (Å²) in [4.78, 5) is 16.7. The number of anilines is 1. The maximum absolute atomic E-state index is 12.8. The number of aromatic nitrogens is 3. The first-order valence-electron chi connectivity index (χ1n) is 8.88. The summed E-state index contributed by atoms with van der Waals surface area (Å²) in [6.07, 6.45) is -1.06. The van der Waals surface area contributed by atoms with Crippen molar-refractivity contribution in [3.05, 3.63) is 65.0 Å². The fourth-order valence-corrected chi connectivity index (χ4v) is 3.34. The Morgan fingerprint density at radius 3 is 2.44 bits per heavy atom. The van der Waals surface area contributed by atoms with Crippen LogP contribution in [-0.4, -0.2) is 52.4 Å². The highest BCUT2D eigenvalue weighted by atomic mass is 32.2. The standard InChI is InChI=1S/C18H18F3N5O5S/c1-24(2)32(29,30)23-15-9-22-8-7-12(15)10-25-11-16(27)26(17(25)28)13-3-5-14(6-4-13)31-18(19,20)21/h3-9,11,23,27H,10H2,1-2H3. The van der Waals surface area contributed by atoms with Crippen LogP contribution in [0.4, 0.5) is 18.9 Å². The lowest BCUT2D eigenvalue weighted by Crippen LogP contribution is -2.30. The van der Waals surface area contributed by atoms with Crippen molar-refractivity contribution in [2.75, 3.05) is 18.8 Å². The van der Waals surface area contributed by atoms with Crippen LogP contribution in [0.1, 0.15) is 5.56 Å². The molecule has 0 aliphatic rings. The predicted molar refractivity (Wildman–Crippen MR) is 108 cm³/mol. The average molecular weight is 473 g/mol. The van der Waals surface area contributed by atoms with Gasteiger partial charge in [-0.05, 0) is 35.9 Å². The van der Waals surface area contributed by atoms with Crippen LogP contribution in [0.25, 0.3) is 5.69 Å². The van der Waals surface area contributed by atoms with E-state index < -0.39 is 33.9 Å². The average Bonchev–Trinajstić information content (AvgIpc) is 2.96. The number of pyridine rings is 1. The van der Waals surface area contributed by atoms with E-state index in [0.29, 0.717) is 5.56 Å². The molecule has 0 bridgehead atoms. The van der Waals surface area contributed by atoms with Gasteiger partial charge in [-0.1, -0.05) is 0 Å². The first-order chi connectivity index (χ1) is 14.9. The van der Waals surface area contributed by atoms with Crippen LogP contribution >= 0.6 is 0 Å². The molecule has 2 heterocycles. The number of alkyl halides is 3. The van der Waals surface area contributed by atoms with Crippen LogP contribution in [0.5, 0.6) is 11.6 Å². The second-order valence-corrected chi connectivity index (χ2v) is 8.58. The molecule has 10 nitrogen and oxygen atoms in total. The molecular formula is C18H18F3N5O5S. The van der Waals surface area contributed by atoms with Gasteiger partial charge in [-0.25, -0.2) is 9.36 Å². The van der Waals surface area contributed by atoms with E-state index in [1.807, 2.05) is 0 Å². The van der Waals surface area contributed by atoms with Crippen molar-refractivity contribution in [3.63, 3.8) is 0 Å². The van der Waals surface area contributed by atoms with Gasteiger partial charge in [0.15, 0.2) is 0 Å². The Morgan fingerprint density at radius 2 is 1.84 bits per heavy atom. The second kappa shape index (κ2) is 8.55. The Kier molecular flexibility index (Phi) is 6.18. The smallest absolute Gasteiger partial charge is 0.493 e. The highest BCUT2D eigenvalue weighted by Crippen LogP contribution is 2.25. The molecule has 0 fully saturated rings. The van der Waals surface area contributed by atoms with Crippen molar-refractivity contribution in [2.24, 2.45) is 0 Å². The fourth-order valence-electron chi connectivity index (χ4n) is 2.70. The molecule has 0 saturated carbocycles. The number of benzene rings is 1. The number of imidazole rings is 1. The molecule has 2 N–H and O–H groups in total. The van der Waals surface area contributed by atoms with Crippen LogP contribution in [-0.2, 0) is 16.8 Å². The molecule has 0 aliphatic heterocycles. The van der Waals surface area contributed by atoms with Gasteiger partial charge in [0.25, 0.3) is 0 Å². The summed E-state index contributed by atoms with van der Waals surface area (Å²) < 4.78 is 70.3. The fraction of sp³-hybridized carbons (Fsp3) is 0.222. The van der Waals surface area contributed by atoms with E-state index >= 15 is 0 Å². The number of aromatic hydroxyl groups is 1. The summed E-state index contributed by atoms with van der Waals surface area (Å²) in [5.74, 6) is -0.952. The van der Waals surface area contributed by atoms with Gasteiger partial charge in [-0.3, -0.25) is 14.3 Å². The number of rotatable bonds is 7. The highest BCUT2D eigenvalue weighted by Gasteiger charge is 2.31. The molecule has 3 rings (SSSR count). The lowest BCUT2D eigenvalue weighted by Gasteiger charge is -2.15. The summed E-state index contributed by atoms with van der Waals surface area (Å²) >= 11 is 0. The van der Waals surface area contributed by atoms with E-state index in [-0.39, 0.29) is 17.9 Å². The first-order valence-corrected chi connectivity index (χ1v) is 10.3. The first kappa shape index (κ1) is 23.1. The van der Waals surface area contributed by atoms with Gasteiger partial charge >= 0.3 is 22.3 Å².